The number of nitrogen functional groups attached to an aromatic ring is 1. The second kappa shape index (κ2) is 7.54. The molecule has 138 valence electrons. The minimum Gasteiger partial charge on any atom is -0.507 e. The largest absolute Gasteiger partial charge is 0.507 e. The van der Waals surface area contributed by atoms with E-state index in [-0.39, 0.29) is 11.7 Å². The van der Waals surface area contributed by atoms with Crippen LogP contribution in [0.1, 0.15) is 9.67 Å². The predicted octanol–water partition coefficient (Wildman–Crippen LogP) is 5.02. The van der Waals surface area contributed by atoms with Gasteiger partial charge in [0, 0.05) is 11.3 Å². The molecule has 0 bridgehead atoms. The van der Waals surface area contributed by atoms with Crippen LogP contribution in [-0.2, 0) is 0 Å². The molecule has 4 N–H and O–H groups in total. The number of hydrogen-bond donors (Lipinski definition) is 3. The number of carbonyl (C=O) groups is 1. The molecule has 2 heterocycles. The van der Waals surface area contributed by atoms with E-state index in [1.54, 1.807) is 30.3 Å². The van der Waals surface area contributed by atoms with Crippen molar-refractivity contribution in [3.63, 3.8) is 0 Å². The molecule has 5 nitrogen and oxygen atoms in total. The van der Waals surface area contributed by atoms with Crippen LogP contribution in [0.25, 0.3) is 22.4 Å². The highest BCUT2D eigenvalue weighted by atomic mass is 32.1. The topological polar surface area (TPSA) is 88.2 Å². The number of nitrogens with one attached hydrogen (secondary N) is 1. The van der Waals surface area contributed by atoms with E-state index in [0.717, 1.165) is 11.1 Å². The van der Waals surface area contributed by atoms with Crippen molar-refractivity contribution in [2.45, 2.75) is 0 Å². The van der Waals surface area contributed by atoms with Gasteiger partial charge in [0.15, 0.2) is 0 Å². The van der Waals surface area contributed by atoms with Crippen LogP contribution in [0.4, 0.5) is 11.5 Å². The van der Waals surface area contributed by atoms with Crippen molar-refractivity contribution in [2.75, 3.05) is 11.1 Å². The Balaban J connectivity index is 1.81. The molecule has 2 aromatic carbocycles. The van der Waals surface area contributed by atoms with Crippen molar-refractivity contribution in [1.82, 2.24) is 4.98 Å². The van der Waals surface area contributed by atoms with Crippen LogP contribution in [0.15, 0.2) is 78.2 Å². The van der Waals surface area contributed by atoms with Gasteiger partial charge < -0.3 is 16.2 Å². The van der Waals surface area contributed by atoms with Gasteiger partial charge in [-0.3, -0.25) is 4.79 Å². The molecule has 2 aromatic heterocycles. The molecule has 0 aliphatic carbocycles. The molecule has 0 unspecified atom stereocenters. The molecule has 6 heteroatoms. The third-order valence-corrected chi connectivity index (χ3v) is 5.08. The average Bonchev–Trinajstić information content (AvgIpc) is 3.23. The fourth-order valence-corrected chi connectivity index (χ4v) is 3.51. The minimum atomic E-state index is -0.226. The summed E-state index contributed by atoms with van der Waals surface area (Å²) in [6, 6.07) is 21.7. The highest BCUT2D eigenvalue weighted by Gasteiger charge is 2.13. The Morgan fingerprint density at radius 2 is 1.82 bits per heavy atom. The van der Waals surface area contributed by atoms with Gasteiger partial charge in [0.1, 0.15) is 11.6 Å². The number of benzene rings is 2. The summed E-state index contributed by atoms with van der Waals surface area (Å²) in [5.41, 5.74) is 9.44. The third-order valence-electron chi connectivity index (χ3n) is 4.21. The van der Waals surface area contributed by atoms with Crippen molar-refractivity contribution in [3.8, 4) is 28.1 Å². The summed E-state index contributed by atoms with van der Waals surface area (Å²) < 4.78 is 0. The molecule has 0 fully saturated rings. The first-order valence-electron chi connectivity index (χ1n) is 8.61. The molecule has 4 aromatic rings. The van der Waals surface area contributed by atoms with Crippen LogP contribution in [0.5, 0.6) is 5.75 Å². The van der Waals surface area contributed by atoms with Crippen LogP contribution in [0, 0.1) is 0 Å². The summed E-state index contributed by atoms with van der Waals surface area (Å²) in [4.78, 5) is 17.6. The number of nitrogens with two attached hydrogens (primary N) is 1. The van der Waals surface area contributed by atoms with Gasteiger partial charge in [0.05, 0.1) is 10.6 Å². The molecular formula is C22H17N3O2S. The van der Waals surface area contributed by atoms with Gasteiger partial charge in [-0.2, -0.15) is 0 Å². The SMILES string of the molecule is Nc1cccc(-c2cc(NC(=O)c3cccs3)nc(-c3ccccc3O)c2)c1. The first-order chi connectivity index (χ1) is 13.6. The summed E-state index contributed by atoms with van der Waals surface area (Å²) in [6.07, 6.45) is 0. The number of phenols is 1. The first-order valence-corrected chi connectivity index (χ1v) is 9.49. The van der Waals surface area contributed by atoms with Crippen molar-refractivity contribution >= 4 is 28.7 Å². The Hall–Kier alpha value is -3.64. The Labute approximate surface area is 166 Å². The highest BCUT2D eigenvalue weighted by molar-refractivity contribution is 7.12. The molecule has 0 aliphatic heterocycles. The molecule has 28 heavy (non-hydrogen) atoms. The quantitative estimate of drug-likeness (QED) is 0.429. The summed E-state index contributed by atoms with van der Waals surface area (Å²) in [7, 11) is 0. The van der Waals surface area contributed by atoms with E-state index in [1.165, 1.54) is 11.3 Å². The normalized spacial score (nSPS) is 10.6. The van der Waals surface area contributed by atoms with E-state index in [0.29, 0.717) is 27.6 Å². The smallest absolute Gasteiger partial charge is 0.266 e. The molecule has 0 saturated carbocycles. The Morgan fingerprint density at radius 1 is 0.964 bits per heavy atom. The van der Waals surface area contributed by atoms with Gasteiger partial charge in [-0.25, -0.2) is 4.98 Å². The zero-order chi connectivity index (χ0) is 19.5. The lowest BCUT2D eigenvalue weighted by Gasteiger charge is -2.11. The predicted molar refractivity (Wildman–Crippen MR) is 113 cm³/mol. The van der Waals surface area contributed by atoms with Crippen LogP contribution in [0.3, 0.4) is 0 Å². The highest BCUT2D eigenvalue weighted by Crippen LogP contribution is 2.33. The number of thiophene rings is 1. The molecule has 1 amide bonds. The number of nitrogens with zero attached hydrogens (tertiary/aromatic N) is 1. The molecule has 0 saturated heterocycles. The number of hydrogen-bond acceptors (Lipinski definition) is 5. The Kier molecular flexibility index (Phi) is 4.78. The molecule has 0 spiro atoms. The van der Waals surface area contributed by atoms with E-state index >= 15 is 0 Å². The molecule has 0 atom stereocenters. The van der Waals surface area contributed by atoms with Crippen LogP contribution in [-0.4, -0.2) is 16.0 Å². The van der Waals surface area contributed by atoms with E-state index in [1.807, 2.05) is 47.8 Å². The number of pyridine rings is 1. The fourth-order valence-electron chi connectivity index (χ4n) is 2.89. The maximum absolute atomic E-state index is 12.5. The zero-order valence-electron chi connectivity index (χ0n) is 14.8. The number of carbonyl (C=O) groups excluding carboxylic acids is 1. The monoisotopic (exact) mass is 387 g/mol. The van der Waals surface area contributed by atoms with Crippen molar-refractivity contribution in [2.24, 2.45) is 0 Å². The summed E-state index contributed by atoms with van der Waals surface area (Å²) in [5.74, 6) is 0.294. The summed E-state index contributed by atoms with van der Waals surface area (Å²) in [5, 5.41) is 14.9. The molecule has 0 radical (unpaired) electrons. The number of para-hydroxylation sites is 1. The van der Waals surface area contributed by atoms with Gasteiger partial charge >= 0.3 is 0 Å². The third kappa shape index (κ3) is 3.72. The number of anilines is 2. The fraction of sp³-hybridized carbons (Fsp3) is 0. The average molecular weight is 387 g/mol. The van der Waals surface area contributed by atoms with Crippen molar-refractivity contribution in [3.05, 3.63) is 83.1 Å². The minimum absolute atomic E-state index is 0.121. The van der Waals surface area contributed by atoms with E-state index in [9.17, 15) is 9.90 Å². The molecule has 0 aliphatic rings. The van der Waals surface area contributed by atoms with E-state index < -0.39 is 0 Å². The first kappa shape index (κ1) is 17.8. The number of phenolic OH excluding ortho intramolecular Hbond substituents is 1. The van der Waals surface area contributed by atoms with Gasteiger partial charge in [-0.05, 0) is 59.0 Å². The molecule has 4 rings (SSSR count). The maximum Gasteiger partial charge on any atom is 0.266 e. The lowest BCUT2D eigenvalue weighted by molar-refractivity contribution is 0.103. The number of rotatable bonds is 4. The van der Waals surface area contributed by atoms with Crippen LogP contribution >= 0.6 is 11.3 Å². The van der Waals surface area contributed by atoms with Crippen LogP contribution in [0.2, 0.25) is 0 Å². The molecular weight excluding hydrogens is 370 g/mol. The maximum atomic E-state index is 12.5. The zero-order valence-corrected chi connectivity index (χ0v) is 15.6. The van der Waals surface area contributed by atoms with Gasteiger partial charge in [-0.1, -0.05) is 30.3 Å². The van der Waals surface area contributed by atoms with Gasteiger partial charge in [-0.15, -0.1) is 11.3 Å². The lowest BCUT2D eigenvalue weighted by Crippen LogP contribution is -2.11. The van der Waals surface area contributed by atoms with Crippen molar-refractivity contribution in [1.29, 1.82) is 0 Å². The standard InChI is InChI=1S/C22H17N3O2S/c23-16-6-3-5-14(11-16)15-12-18(17-7-1-2-8-19(17)26)24-21(13-15)25-22(27)20-9-4-10-28-20/h1-13,26H,23H2,(H,24,25,27). The number of aromatic nitrogens is 1. The Morgan fingerprint density at radius 3 is 2.57 bits per heavy atom. The second-order valence-electron chi connectivity index (χ2n) is 6.20. The number of amides is 1. The van der Waals surface area contributed by atoms with E-state index in [2.05, 4.69) is 10.3 Å². The lowest BCUT2D eigenvalue weighted by atomic mass is 10.0. The second-order valence-corrected chi connectivity index (χ2v) is 7.15. The summed E-state index contributed by atoms with van der Waals surface area (Å²) >= 11 is 1.36. The van der Waals surface area contributed by atoms with Crippen molar-refractivity contribution < 1.29 is 9.90 Å². The Bertz CT molecular complexity index is 1140. The van der Waals surface area contributed by atoms with Gasteiger partial charge in [0.2, 0.25) is 0 Å². The van der Waals surface area contributed by atoms with Crippen LogP contribution < -0.4 is 11.1 Å². The summed E-state index contributed by atoms with van der Waals surface area (Å²) in [6.45, 7) is 0. The van der Waals surface area contributed by atoms with Gasteiger partial charge in [0.25, 0.3) is 5.91 Å². The van der Waals surface area contributed by atoms with E-state index in [4.69, 9.17) is 5.73 Å². The number of aromatic hydroxyl groups is 1.